The molecule has 0 aliphatic carbocycles. The van der Waals surface area contributed by atoms with E-state index in [1.165, 1.54) is 6.92 Å². The molecule has 7 heteroatoms. The molecule has 0 radical (unpaired) electrons. The summed E-state index contributed by atoms with van der Waals surface area (Å²) in [5.41, 5.74) is 1.23. The fraction of sp³-hybridized carbons (Fsp3) is 0.438. The first kappa shape index (κ1) is 15.3. The molecule has 3 heterocycles. The molecule has 7 nitrogen and oxygen atoms in total. The summed E-state index contributed by atoms with van der Waals surface area (Å²) in [6, 6.07) is 5.35. The van der Waals surface area contributed by atoms with E-state index in [4.69, 9.17) is 4.42 Å². The van der Waals surface area contributed by atoms with Crippen LogP contribution >= 0.6 is 0 Å². The molecule has 1 aliphatic heterocycles. The highest BCUT2D eigenvalue weighted by Crippen LogP contribution is 2.30. The number of H-pyrrole nitrogens is 1. The van der Waals surface area contributed by atoms with Crippen molar-refractivity contribution in [2.75, 3.05) is 13.1 Å². The van der Waals surface area contributed by atoms with Gasteiger partial charge in [-0.05, 0) is 32.0 Å². The molecule has 122 valence electrons. The number of hydrogen-bond acceptors (Lipinski definition) is 4. The second-order valence-electron chi connectivity index (χ2n) is 6.01. The van der Waals surface area contributed by atoms with Gasteiger partial charge in [0.1, 0.15) is 17.2 Å². The van der Waals surface area contributed by atoms with E-state index < -0.39 is 0 Å². The van der Waals surface area contributed by atoms with Crippen LogP contribution < -0.4 is 5.32 Å². The second-order valence-corrected chi connectivity index (χ2v) is 6.01. The molecular formula is C16H20N4O3. The number of nitrogens with one attached hydrogen (secondary N) is 2. The van der Waals surface area contributed by atoms with E-state index in [1.807, 2.05) is 26.0 Å². The molecule has 0 aromatic carbocycles. The van der Waals surface area contributed by atoms with E-state index in [1.54, 1.807) is 11.0 Å². The van der Waals surface area contributed by atoms with Gasteiger partial charge in [0.05, 0.1) is 12.0 Å². The molecule has 1 aliphatic rings. The maximum atomic E-state index is 12.6. The number of likely N-dealkylation sites (tertiary alicyclic amines) is 1. The summed E-state index contributed by atoms with van der Waals surface area (Å²) in [5.74, 6) is 1.28. The molecular weight excluding hydrogens is 296 g/mol. The normalized spacial score (nSPS) is 20.7. The first-order chi connectivity index (χ1) is 10.9. The van der Waals surface area contributed by atoms with Gasteiger partial charge in [0.25, 0.3) is 5.91 Å². The number of aryl methyl sites for hydroxylation is 2. The summed E-state index contributed by atoms with van der Waals surface area (Å²) in [6.45, 7) is 6.13. The monoisotopic (exact) mass is 316 g/mol. The zero-order valence-corrected chi connectivity index (χ0v) is 13.4. The van der Waals surface area contributed by atoms with Crippen LogP contribution in [0.3, 0.4) is 0 Å². The van der Waals surface area contributed by atoms with Crippen molar-refractivity contribution in [3.05, 3.63) is 41.1 Å². The molecule has 2 amide bonds. The highest BCUT2D eigenvalue weighted by atomic mass is 16.3. The molecule has 2 N–H and O–H groups in total. The van der Waals surface area contributed by atoms with Gasteiger partial charge in [-0.2, -0.15) is 5.10 Å². The number of hydrogen-bond donors (Lipinski definition) is 2. The molecule has 0 saturated carbocycles. The Kier molecular flexibility index (Phi) is 3.94. The highest BCUT2D eigenvalue weighted by Gasteiger charge is 2.39. The molecule has 0 spiro atoms. The fourth-order valence-corrected chi connectivity index (χ4v) is 3.01. The van der Waals surface area contributed by atoms with Gasteiger partial charge in [-0.25, -0.2) is 0 Å². The Bertz CT molecular complexity index is 733. The van der Waals surface area contributed by atoms with Gasteiger partial charge in [-0.15, -0.1) is 0 Å². The average molecular weight is 316 g/mol. The number of nitrogens with zero attached hydrogens (tertiary/aromatic N) is 2. The summed E-state index contributed by atoms with van der Waals surface area (Å²) in [6.07, 6.45) is 0. The number of furan rings is 1. The molecule has 3 rings (SSSR count). The molecule has 2 aromatic heterocycles. The minimum atomic E-state index is -0.165. The molecule has 2 atom stereocenters. The Morgan fingerprint density at radius 1 is 1.35 bits per heavy atom. The summed E-state index contributed by atoms with van der Waals surface area (Å²) in [4.78, 5) is 25.8. The highest BCUT2D eigenvalue weighted by molar-refractivity contribution is 5.92. The third-order valence-corrected chi connectivity index (χ3v) is 4.05. The summed E-state index contributed by atoms with van der Waals surface area (Å²) >= 11 is 0. The lowest BCUT2D eigenvalue weighted by molar-refractivity contribution is -0.119. The van der Waals surface area contributed by atoms with Crippen molar-refractivity contribution in [3.63, 3.8) is 0 Å². The van der Waals surface area contributed by atoms with Crippen molar-refractivity contribution in [1.29, 1.82) is 0 Å². The minimum Gasteiger partial charge on any atom is -0.466 e. The van der Waals surface area contributed by atoms with Gasteiger partial charge in [0.2, 0.25) is 5.91 Å². The zero-order chi connectivity index (χ0) is 16.6. The third kappa shape index (κ3) is 3.13. The second kappa shape index (κ2) is 5.91. The van der Waals surface area contributed by atoms with E-state index in [0.29, 0.717) is 18.8 Å². The van der Waals surface area contributed by atoms with Crippen molar-refractivity contribution >= 4 is 11.8 Å². The molecule has 2 aromatic rings. The van der Waals surface area contributed by atoms with Gasteiger partial charge in [-0.3, -0.25) is 14.7 Å². The van der Waals surface area contributed by atoms with E-state index in [0.717, 1.165) is 17.2 Å². The number of aromatic nitrogens is 2. The first-order valence-corrected chi connectivity index (χ1v) is 7.58. The summed E-state index contributed by atoms with van der Waals surface area (Å²) in [5, 5.41) is 9.72. The number of rotatable bonds is 3. The van der Waals surface area contributed by atoms with Gasteiger partial charge < -0.3 is 14.6 Å². The Morgan fingerprint density at radius 3 is 2.70 bits per heavy atom. The molecule has 1 fully saturated rings. The lowest BCUT2D eigenvalue weighted by Crippen LogP contribution is -2.39. The van der Waals surface area contributed by atoms with Crippen molar-refractivity contribution < 1.29 is 14.0 Å². The van der Waals surface area contributed by atoms with Crippen molar-refractivity contribution in [2.24, 2.45) is 0 Å². The Balaban J connectivity index is 1.82. The van der Waals surface area contributed by atoms with Crippen molar-refractivity contribution in [1.82, 2.24) is 20.4 Å². The van der Waals surface area contributed by atoms with Crippen molar-refractivity contribution in [2.45, 2.75) is 32.7 Å². The predicted octanol–water partition coefficient (Wildman–Crippen LogP) is 1.36. The number of amides is 2. The predicted molar refractivity (Wildman–Crippen MR) is 83.0 cm³/mol. The fourth-order valence-electron chi connectivity index (χ4n) is 3.01. The average Bonchev–Trinajstić information content (AvgIpc) is 3.18. The third-order valence-electron chi connectivity index (χ3n) is 4.05. The van der Waals surface area contributed by atoms with Gasteiger partial charge in [-0.1, -0.05) is 0 Å². The van der Waals surface area contributed by atoms with Crippen LogP contribution in [-0.2, 0) is 4.79 Å². The topological polar surface area (TPSA) is 91.2 Å². The van der Waals surface area contributed by atoms with E-state index in [9.17, 15) is 9.59 Å². The van der Waals surface area contributed by atoms with Crippen LogP contribution in [0.15, 0.2) is 22.6 Å². The van der Waals surface area contributed by atoms with E-state index >= 15 is 0 Å². The molecule has 0 unspecified atom stereocenters. The smallest absolute Gasteiger partial charge is 0.274 e. The van der Waals surface area contributed by atoms with Crippen LogP contribution in [0.1, 0.15) is 40.5 Å². The van der Waals surface area contributed by atoms with E-state index in [2.05, 4.69) is 15.5 Å². The lowest BCUT2D eigenvalue weighted by Gasteiger charge is -2.16. The number of aromatic amines is 1. The summed E-state index contributed by atoms with van der Waals surface area (Å²) < 4.78 is 5.71. The van der Waals surface area contributed by atoms with Crippen LogP contribution in [0.25, 0.3) is 0 Å². The number of carbonyl (C=O) groups is 2. The zero-order valence-electron chi connectivity index (χ0n) is 13.4. The molecule has 23 heavy (non-hydrogen) atoms. The maximum Gasteiger partial charge on any atom is 0.274 e. The van der Waals surface area contributed by atoms with Gasteiger partial charge in [0.15, 0.2) is 0 Å². The Hall–Kier alpha value is -2.57. The van der Waals surface area contributed by atoms with Crippen LogP contribution in [-0.4, -0.2) is 46.0 Å². The van der Waals surface area contributed by atoms with Crippen LogP contribution in [0.5, 0.6) is 0 Å². The molecule has 0 bridgehead atoms. The van der Waals surface area contributed by atoms with Crippen LogP contribution in [0, 0.1) is 13.8 Å². The van der Waals surface area contributed by atoms with Crippen LogP contribution in [0.2, 0.25) is 0 Å². The Labute approximate surface area is 134 Å². The molecule has 1 saturated heterocycles. The SMILES string of the molecule is CC(=O)N[C@@H]1CN(C(=O)c2cc(C)[nH]n2)C[C@H]1c1ccc(C)o1. The quantitative estimate of drug-likeness (QED) is 0.894. The van der Waals surface area contributed by atoms with Crippen molar-refractivity contribution in [3.8, 4) is 0 Å². The first-order valence-electron chi connectivity index (χ1n) is 7.58. The van der Waals surface area contributed by atoms with Crippen LogP contribution in [0.4, 0.5) is 0 Å². The lowest BCUT2D eigenvalue weighted by atomic mass is 10.0. The van der Waals surface area contributed by atoms with Gasteiger partial charge >= 0.3 is 0 Å². The number of carbonyl (C=O) groups excluding carboxylic acids is 2. The maximum absolute atomic E-state index is 12.6. The van der Waals surface area contributed by atoms with Gasteiger partial charge in [0, 0.05) is 25.7 Å². The largest absolute Gasteiger partial charge is 0.466 e. The summed E-state index contributed by atoms with van der Waals surface area (Å²) in [7, 11) is 0. The Morgan fingerprint density at radius 2 is 2.13 bits per heavy atom. The standard InChI is InChI=1S/C16H20N4O3/c1-9-6-13(19-18-9)16(22)20-7-12(14(8-20)17-11(3)21)15-5-4-10(2)23-15/h4-6,12,14H,7-8H2,1-3H3,(H,17,21)(H,18,19)/t12-,14-/m1/s1. The van der Waals surface area contributed by atoms with E-state index in [-0.39, 0.29) is 23.8 Å². The minimum absolute atomic E-state index is 0.0587.